The third kappa shape index (κ3) is 7.26. The first-order valence-electron chi connectivity index (χ1n) is 5.46. The van der Waals surface area contributed by atoms with Crippen LogP contribution in [-0.2, 0) is 14.4 Å². The number of carbonyl (C=O) groups is 3. The van der Waals surface area contributed by atoms with Crippen molar-refractivity contribution in [3.63, 3.8) is 0 Å². The van der Waals surface area contributed by atoms with Crippen molar-refractivity contribution < 1.29 is 24.6 Å². The van der Waals surface area contributed by atoms with Gasteiger partial charge in [0.25, 0.3) is 0 Å². The summed E-state index contributed by atoms with van der Waals surface area (Å²) in [5, 5.41) is 20.8. The quantitative estimate of drug-likeness (QED) is 0.328. The third-order valence-electron chi connectivity index (χ3n) is 2.12. The molecule has 5 N–H and O–H groups in total. The first kappa shape index (κ1) is 16.9. The van der Waals surface area contributed by atoms with Crippen molar-refractivity contribution in [2.75, 3.05) is 0 Å². The summed E-state index contributed by atoms with van der Waals surface area (Å²) in [5.74, 6) is -2.43. The summed E-state index contributed by atoms with van der Waals surface area (Å²) < 4.78 is 0. The van der Waals surface area contributed by atoms with Crippen molar-refractivity contribution in [1.29, 1.82) is 0 Å². The van der Waals surface area contributed by atoms with Crippen molar-refractivity contribution in [3.05, 3.63) is 0 Å². The second kappa shape index (κ2) is 8.90. The number of nitrogens with two attached hydrogens (primary N) is 1. The fraction of sp³-hybridized carbons (Fsp3) is 0.700. The van der Waals surface area contributed by atoms with Crippen molar-refractivity contribution in [1.82, 2.24) is 5.32 Å². The van der Waals surface area contributed by atoms with Crippen LogP contribution in [0.3, 0.4) is 0 Å². The van der Waals surface area contributed by atoms with Gasteiger partial charge in [-0.3, -0.25) is 0 Å². The molecule has 0 aliphatic heterocycles. The van der Waals surface area contributed by atoms with Gasteiger partial charge in [-0.05, 0) is 0 Å². The van der Waals surface area contributed by atoms with Gasteiger partial charge in [0.15, 0.2) is 0 Å². The Hall–Kier alpha value is -1.11. The van der Waals surface area contributed by atoms with Crippen LogP contribution in [0.15, 0.2) is 0 Å². The van der Waals surface area contributed by atoms with Crippen LogP contribution in [0, 0.1) is 0 Å². The molecule has 0 saturated heterocycles. The van der Waals surface area contributed by atoms with Gasteiger partial charge >= 0.3 is 111 Å². The van der Waals surface area contributed by atoms with Crippen molar-refractivity contribution in [2.24, 2.45) is 5.73 Å². The molecule has 0 spiro atoms. The molecule has 0 radical (unpaired) electrons. The average molecular weight is 325 g/mol. The molecule has 0 aromatic rings. The molecule has 0 aliphatic carbocycles. The van der Waals surface area contributed by atoms with Crippen LogP contribution >= 0.6 is 0 Å². The van der Waals surface area contributed by atoms with E-state index >= 15 is 0 Å². The summed E-state index contributed by atoms with van der Waals surface area (Å²) >= 11 is -0.0392. The van der Waals surface area contributed by atoms with E-state index in [4.69, 9.17) is 15.9 Å². The molecule has 18 heavy (non-hydrogen) atoms. The molecule has 2 atom stereocenters. The molecular weight excluding hydrogens is 307 g/mol. The zero-order chi connectivity index (χ0) is 14.1. The summed E-state index contributed by atoms with van der Waals surface area (Å²) in [5.41, 5.74) is 5.33. The molecule has 0 fully saturated rings. The Bertz CT molecular complexity index is 311. The van der Waals surface area contributed by atoms with Crippen LogP contribution in [-0.4, -0.2) is 55.1 Å². The van der Waals surface area contributed by atoms with Gasteiger partial charge in [0.05, 0.1) is 0 Å². The molecule has 8 heteroatoms. The summed E-state index contributed by atoms with van der Waals surface area (Å²) in [7, 11) is 0. The molecule has 104 valence electrons. The molecule has 0 aromatic heterocycles. The third-order valence-corrected chi connectivity index (χ3v) is 4.47. The number of hydrogen-bond donors (Lipinski definition) is 4. The minimum absolute atomic E-state index is 0.0392. The SMILES string of the molecule is CCC(=O)N[C@@H](CC[Se]CC(N)C(=O)O)C(=O)O. The van der Waals surface area contributed by atoms with E-state index in [1.54, 1.807) is 6.92 Å². The molecule has 1 amide bonds. The van der Waals surface area contributed by atoms with Crippen LogP contribution in [0.1, 0.15) is 19.8 Å². The average Bonchev–Trinajstić information content (AvgIpc) is 2.31. The van der Waals surface area contributed by atoms with E-state index in [2.05, 4.69) is 5.32 Å². The minimum atomic E-state index is -1.07. The van der Waals surface area contributed by atoms with Gasteiger partial charge in [-0.1, -0.05) is 0 Å². The number of hydrogen-bond acceptors (Lipinski definition) is 4. The second-order valence-corrected chi connectivity index (χ2v) is 6.03. The van der Waals surface area contributed by atoms with E-state index in [1.807, 2.05) is 0 Å². The molecule has 0 aliphatic rings. The Balaban J connectivity index is 3.95. The van der Waals surface area contributed by atoms with Crippen LogP contribution in [0.2, 0.25) is 10.6 Å². The van der Waals surface area contributed by atoms with E-state index < -0.39 is 24.0 Å². The molecular formula is C10H18N2O5Se. The predicted octanol–water partition coefficient (Wildman–Crippen LogP) is -0.691. The van der Waals surface area contributed by atoms with Gasteiger partial charge in [-0.25, -0.2) is 0 Å². The van der Waals surface area contributed by atoms with Gasteiger partial charge in [0, 0.05) is 0 Å². The normalized spacial score (nSPS) is 13.7. The number of carbonyl (C=O) groups excluding carboxylic acids is 1. The topological polar surface area (TPSA) is 130 Å². The molecule has 0 heterocycles. The summed E-state index contributed by atoms with van der Waals surface area (Å²) in [6.07, 6.45) is 0.534. The van der Waals surface area contributed by atoms with Crippen LogP contribution in [0.25, 0.3) is 0 Å². The first-order chi connectivity index (χ1) is 8.38. The van der Waals surface area contributed by atoms with Gasteiger partial charge in [-0.15, -0.1) is 0 Å². The number of rotatable bonds is 9. The number of aliphatic carboxylic acids is 2. The molecule has 1 unspecified atom stereocenters. The second-order valence-electron chi connectivity index (χ2n) is 3.62. The van der Waals surface area contributed by atoms with Gasteiger partial charge in [-0.2, -0.15) is 0 Å². The molecule has 7 nitrogen and oxygen atoms in total. The van der Waals surface area contributed by atoms with Crippen molar-refractivity contribution in [3.8, 4) is 0 Å². The van der Waals surface area contributed by atoms with Gasteiger partial charge < -0.3 is 0 Å². The van der Waals surface area contributed by atoms with Crippen LogP contribution in [0.4, 0.5) is 0 Å². The maximum absolute atomic E-state index is 11.1. The van der Waals surface area contributed by atoms with E-state index in [0.717, 1.165) is 0 Å². The van der Waals surface area contributed by atoms with E-state index in [9.17, 15) is 14.4 Å². The summed E-state index contributed by atoms with van der Waals surface area (Å²) in [4.78, 5) is 32.4. The Morgan fingerprint density at radius 2 is 1.89 bits per heavy atom. The first-order valence-corrected chi connectivity index (χ1v) is 7.89. The Kier molecular flexibility index (Phi) is 8.36. The Morgan fingerprint density at radius 1 is 1.28 bits per heavy atom. The molecule has 0 bridgehead atoms. The zero-order valence-electron chi connectivity index (χ0n) is 10.1. The molecule has 0 rings (SSSR count). The van der Waals surface area contributed by atoms with E-state index in [-0.39, 0.29) is 27.3 Å². The summed E-state index contributed by atoms with van der Waals surface area (Å²) in [6.45, 7) is 1.64. The zero-order valence-corrected chi connectivity index (χ0v) is 11.8. The fourth-order valence-electron chi connectivity index (χ4n) is 1.04. The van der Waals surface area contributed by atoms with E-state index in [0.29, 0.717) is 17.1 Å². The van der Waals surface area contributed by atoms with Crippen LogP contribution < -0.4 is 11.1 Å². The monoisotopic (exact) mass is 326 g/mol. The van der Waals surface area contributed by atoms with Crippen LogP contribution in [0.5, 0.6) is 0 Å². The van der Waals surface area contributed by atoms with Gasteiger partial charge in [0.2, 0.25) is 0 Å². The number of amides is 1. The van der Waals surface area contributed by atoms with Gasteiger partial charge in [0.1, 0.15) is 0 Å². The standard InChI is InChI=1S/C10H18N2O5Se/c1-2-8(13)12-7(10(16)17)3-4-18-5-6(11)9(14)15/h6-7H,2-5,11H2,1H3,(H,12,13)(H,14,15)(H,16,17)/t6?,7-/m0/s1. The van der Waals surface area contributed by atoms with Crippen molar-refractivity contribution in [2.45, 2.75) is 42.5 Å². The van der Waals surface area contributed by atoms with E-state index in [1.165, 1.54) is 0 Å². The number of carboxylic acids is 2. The Morgan fingerprint density at radius 3 is 2.33 bits per heavy atom. The number of nitrogens with one attached hydrogen (secondary N) is 1. The Labute approximate surface area is 111 Å². The summed E-state index contributed by atoms with van der Waals surface area (Å²) in [6, 6.07) is -1.79. The predicted molar refractivity (Wildman–Crippen MR) is 65.5 cm³/mol. The van der Waals surface area contributed by atoms with Crippen molar-refractivity contribution >= 4 is 32.8 Å². The fourth-order valence-corrected chi connectivity index (χ4v) is 3.06. The molecule has 0 aromatic carbocycles. The number of carboxylic acid groups (broad SMARTS) is 2. The molecule has 0 saturated carbocycles. The maximum atomic E-state index is 11.1.